The summed E-state index contributed by atoms with van der Waals surface area (Å²) in [7, 11) is 1.59. The lowest BCUT2D eigenvalue weighted by Crippen LogP contribution is -2.25. The lowest BCUT2D eigenvalue weighted by molar-refractivity contribution is -0.136. The van der Waals surface area contributed by atoms with Gasteiger partial charge in [-0.25, -0.2) is 9.78 Å². The Morgan fingerprint density at radius 1 is 1.03 bits per heavy atom. The molecule has 0 bridgehead atoms. The molecule has 0 atom stereocenters. The van der Waals surface area contributed by atoms with Crippen LogP contribution in [-0.4, -0.2) is 29.7 Å². The van der Waals surface area contributed by atoms with E-state index in [0.29, 0.717) is 30.2 Å². The summed E-state index contributed by atoms with van der Waals surface area (Å²) < 4.78 is 45.8. The number of carboxylic acid groups (broad SMARTS) is 1. The molecule has 9 heteroatoms. The third-order valence-corrected chi connectivity index (χ3v) is 6.55. The van der Waals surface area contributed by atoms with Crippen LogP contribution in [0.3, 0.4) is 0 Å². The fraction of sp³-hybridized carbons (Fsp3) is 0.200. The number of nitrogens with zero attached hydrogens (tertiary/aromatic N) is 2. The molecular weight excluding hydrogens is 465 g/mol. The average molecular weight is 487 g/mol. The molecule has 0 spiro atoms. The lowest BCUT2D eigenvalue weighted by Gasteiger charge is -2.22. The monoisotopic (exact) mass is 486 g/mol. The van der Waals surface area contributed by atoms with Crippen LogP contribution in [0.15, 0.2) is 66.7 Å². The molecule has 0 unspecified atom stereocenters. The molecule has 4 rings (SSSR count). The molecule has 4 aromatic rings. The first-order valence-electron chi connectivity index (χ1n) is 10.4. The zero-order valence-corrected chi connectivity index (χ0v) is 19.0. The second-order valence-corrected chi connectivity index (χ2v) is 8.65. The highest BCUT2D eigenvalue weighted by molar-refractivity contribution is 7.22. The maximum Gasteiger partial charge on any atom is 0.417 e. The van der Waals surface area contributed by atoms with Crippen LogP contribution in [0.5, 0.6) is 5.75 Å². The van der Waals surface area contributed by atoms with E-state index in [1.165, 1.54) is 18.2 Å². The van der Waals surface area contributed by atoms with Gasteiger partial charge in [-0.1, -0.05) is 41.7 Å². The summed E-state index contributed by atoms with van der Waals surface area (Å²) in [6, 6.07) is 18.0. The fourth-order valence-electron chi connectivity index (χ4n) is 3.57. The highest BCUT2D eigenvalue weighted by Gasteiger charge is 2.33. The number of benzene rings is 3. The molecule has 0 saturated heterocycles. The molecule has 176 valence electrons. The van der Waals surface area contributed by atoms with E-state index in [1.54, 1.807) is 25.3 Å². The van der Waals surface area contributed by atoms with Crippen molar-refractivity contribution in [3.05, 3.63) is 89.0 Å². The summed E-state index contributed by atoms with van der Waals surface area (Å²) in [6.07, 6.45) is -3.83. The minimum absolute atomic E-state index is 0.0978. The van der Waals surface area contributed by atoms with Gasteiger partial charge >= 0.3 is 12.1 Å². The van der Waals surface area contributed by atoms with Gasteiger partial charge in [0, 0.05) is 13.1 Å². The third-order valence-electron chi connectivity index (χ3n) is 5.38. The molecule has 1 N–H and O–H groups in total. The molecule has 0 aliphatic heterocycles. The molecule has 1 heterocycles. The van der Waals surface area contributed by atoms with Crippen LogP contribution in [0.4, 0.5) is 18.3 Å². The predicted octanol–water partition coefficient (Wildman–Crippen LogP) is 6.27. The van der Waals surface area contributed by atoms with Gasteiger partial charge in [0.2, 0.25) is 0 Å². The summed E-state index contributed by atoms with van der Waals surface area (Å²) >= 11 is 1.01. The smallest absolute Gasteiger partial charge is 0.417 e. The number of hydrogen-bond donors (Lipinski definition) is 1. The molecule has 0 amide bonds. The lowest BCUT2D eigenvalue weighted by atomic mass is 10.1. The number of halogens is 3. The van der Waals surface area contributed by atoms with Crippen molar-refractivity contribution >= 4 is 32.7 Å². The highest BCUT2D eigenvalue weighted by atomic mass is 32.1. The highest BCUT2D eigenvalue weighted by Crippen LogP contribution is 2.40. The maximum absolute atomic E-state index is 13.5. The molecule has 3 aromatic carbocycles. The molecule has 0 aliphatic carbocycles. The predicted molar refractivity (Wildman–Crippen MR) is 126 cm³/mol. The van der Waals surface area contributed by atoms with E-state index in [4.69, 9.17) is 9.84 Å². The number of thiazole rings is 1. The minimum atomic E-state index is -4.47. The number of hydrogen-bond acceptors (Lipinski definition) is 5. The number of methoxy groups -OCH3 is 1. The molecule has 34 heavy (non-hydrogen) atoms. The zero-order chi connectivity index (χ0) is 24.3. The van der Waals surface area contributed by atoms with Crippen LogP contribution in [0.1, 0.15) is 27.0 Å². The van der Waals surface area contributed by atoms with E-state index in [-0.39, 0.29) is 10.3 Å². The Morgan fingerprint density at radius 2 is 1.71 bits per heavy atom. The first kappa shape index (κ1) is 23.6. The maximum atomic E-state index is 13.5. The Kier molecular flexibility index (Phi) is 6.74. The number of carbonyl (C=O) groups is 1. The van der Waals surface area contributed by atoms with E-state index in [2.05, 4.69) is 4.98 Å². The first-order valence-corrected chi connectivity index (χ1v) is 11.2. The van der Waals surface area contributed by atoms with Crippen molar-refractivity contribution in [1.82, 2.24) is 4.98 Å². The van der Waals surface area contributed by atoms with Crippen molar-refractivity contribution in [3.63, 3.8) is 0 Å². The summed E-state index contributed by atoms with van der Waals surface area (Å²) in [5.74, 6) is -0.279. The van der Waals surface area contributed by atoms with Gasteiger partial charge in [-0.05, 0) is 53.9 Å². The normalized spacial score (nSPS) is 11.5. The van der Waals surface area contributed by atoms with Crippen molar-refractivity contribution in [3.8, 4) is 5.75 Å². The number of aromatic carboxylic acids is 1. The number of aromatic nitrogens is 1. The molecule has 5 nitrogen and oxygen atoms in total. The number of ether oxygens (including phenoxy) is 1. The van der Waals surface area contributed by atoms with Crippen LogP contribution >= 0.6 is 11.3 Å². The van der Waals surface area contributed by atoms with Gasteiger partial charge in [-0.2, -0.15) is 13.2 Å². The number of carboxylic acids is 1. The topological polar surface area (TPSA) is 62.7 Å². The van der Waals surface area contributed by atoms with Gasteiger partial charge in [-0.3, -0.25) is 0 Å². The SMILES string of the molecule is COc1ccc(CCN(Cc2ccc(C(=O)O)cc2)c2nc3cccc(C(F)(F)F)c3s2)cc1. The number of fused-ring (bicyclic) bond motifs is 1. The Balaban J connectivity index is 1.65. The molecule has 0 fully saturated rings. The Labute approximate surface area is 198 Å². The summed E-state index contributed by atoms with van der Waals surface area (Å²) in [4.78, 5) is 17.6. The summed E-state index contributed by atoms with van der Waals surface area (Å²) in [6.45, 7) is 0.880. The van der Waals surface area contributed by atoms with Crippen LogP contribution in [0.2, 0.25) is 0 Å². The van der Waals surface area contributed by atoms with Crippen LogP contribution < -0.4 is 9.64 Å². The second kappa shape index (κ2) is 9.72. The van der Waals surface area contributed by atoms with Gasteiger partial charge in [0.1, 0.15) is 5.75 Å². The molecular formula is C25H21F3N2O3S. The van der Waals surface area contributed by atoms with Crippen molar-refractivity contribution < 1.29 is 27.8 Å². The van der Waals surface area contributed by atoms with Crippen LogP contribution in [-0.2, 0) is 19.1 Å². The third kappa shape index (κ3) is 5.31. The number of rotatable bonds is 8. The van der Waals surface area contributed by atoms with E-state index >= 15 is 0 Å². The fourth-order valence-corrected chi connectivity index (χ4v) is 4.69. The molecule has 1 aromatic heterocycles. The standard InChI is InChI=1S/C25H21F3N2O3S/c1-33-19-11-7-16(8-12-19)13-14-30(15-17-5-9-18(10-6-17)23(31)32)24-29-21-4-2-3-20(22(21)34-24)25(26,27)28/h2-12H,13-15H2,1H3,(H,31,32). The van der Waals surface area contributed by atoms with Crippen molar-refractivity contribution in [2.45, 2.75) is 19.1 Å². The molecule has 0 radical (unpaired) electrons. The first-order chi connectivity index (χ1) is 16.2. The Morgan fingerprint density at radius 3 is 2.32 bits per heavy atom. The van der Waals surface area contributed by atoms with Gasteiger partial charge in [-0.15, -0.1) is 0 Å². The second-order valence-electron chi connectivity index (χ2n) is 7.67. The average Bonchev–Trinajstić information content (AvgIpc) is 3.26. The minimum Gasteiger partial charge on any atom is -0.497 e. The van der Waals surface area contributed by atoms with Crippen molar-refractivity contribution in [2.24, 2.45) is 0 Å². The molecule has 0 saturated carbocycles. The number of anilines is 1. The van der Waals surface area contributed by atoms with Gasteiger partial charge < -0.3 is 14.7 Å². The van der Waals surface area contributed by atoms with Gasteiger partial charge in [0.25, 0.3) is 0 Å². The number of alkyl halides is 3. The van der Waals surface area contributed by atoms with E-state index in [0.717, 1.165) is 34.3 Å². The zero-order valence-electron chi connectivity index (χ0n) is 18.2. The quantitative estimate of drug-likeness (QED) is 0.318. The Bertz CT molecular complexity index is 1290. The van der Waals surface area contributed by atoms with Crippen LogP contribution in [0, 0.1) is 0 Å². The summed E-state index contributed by atoms with van der Waals surface area (Å²) in [5, 5.41) is 9.61. The summed E-state index contributed by atoms with van der Waals surface area (Å²) in [5.41, 5.74) is 1.64. The van der Waals surface area contributed by atoms with Gasteiger partial charge in [0.05, 0.1) is 28.5 Å². The Hall–Kier alpha value is -3.59. The van der Waals surface area contributed by atoms with E-state index in [9.17, 15) is 18.0 Å². The van der Waals surface area contributed by atoms with E-state index in [1.807, 2.05) is 29.2 Å². The largest absolute Gasteiger partial charge is 0.497 e. The van der Waals surface area contributed by atoms with E-state index < -0.39 is 17.7 Å². The van der Waals surface area contributed by atoms with Crippen LogP contribution in [0.25, 0.3) is 10.2 Å². The molecule has 0 aliphatic rings. The van der Waals surface area contributed by atoms with Gasteiger partial charge in [0.15, 0.2) is 5.13 Å². The van der Waals surface area contributed by atoms with Crippen molar-refractivity contribution in [2.75, 3.05) is 18.6 Å². The van der Waals surface area contributed by atoms with Crippen molar-refractivity contribution in [1.29, 1.82) is 0 Å².